The molecule has 1 aliphatic carbocycles. The number of benzene rings is 1. The maximum absolute atomic E-state index is 11.0. The molecular formula is C18H27NO2. The second kappa shape index (κ2) is 7.08. The highest BCUT2D eigenvalue weighted by atomic mass is 16.4. The minimum absolute atomic E-state index is 0.310. The van der Waals surface area contributed by atoms with Gasteiger partial charge in [-0.1, -0.05) is 45.2 Å². The van der Waals surface area contributed by atoms with E-state index in [9.17, 15) is 4.79 Å². The largest absolute Gasteiger partial charge is 0.478 e. The standard InChI is InChI=1S/C18H27NO2/c1-18(2,16-9-4-3-5-10-16)13-19-12-14-7-6-8-15(11-14)17(20)21/h6-8,11,16,19H,3-5,9-10,12-13H2,1-2H3,(H,20,21). The van der Waals surface area contributed by atoms with E-state index >= 15 is 0 Å². The highest BCUT2D eigenvalue weighted by Gasteiger charge is 2.29. The minimum atomic E-state index is -0.862. The van der Waals surface area contributed by atoms with Crippen molar-refractivity contribution in [2.24, 2.45) is 11.3 Å². The predicted octanol–water partition coefficient (Wildman–Crippen LogP) is 4.08. The van der Waals surface area contributed by atoms with Gasteiger partial charge in [-0.2, -0.15) is 0 Å². The number of hydrogen-bond acceptors (Lipinski definition) is 2. The van der Waals surface area contributed by atoms with Crippen LogP contribution in [0.4, 0.5) is 0 Å². The van der Waals surface area contributed by atoms with Gasteiger partial charge in [-0.15, -0.1) is 0 Å². The Morgan fingerprint density at radius 2 is 2.00 bits per heavy atom. The molecule has 0 saturated heterocycles. The van der Waals surface area contributed by atoms with E-state index in [1.807, 2.05) is 12.1 Å². The van der Waals surface area contributed by atoms with E-state index in [1.54, 1.807) is 12.1 Å². The van der Waals surface area contributed by atoms with Crippen LogP contribution in [-0.4, -0.2) is 17.6 Å². The molecule has 1 aromatic carbocycles. The molecule has 0 heterocycles. The zero-order valence-electron chi connectivity index (χ0n) is 13.2. The predicted molar refractivity (Wildman–Crippen MR) is 85.5 cm³/mol. The van der Waals surface area contributed by atoms with E-state index in [0.717, 1.165) is 24.6 Å². The fourth-order valence-electron chi connectivity index (χ4n) is 3.37. The Bertz CT molecular complexity index is 476. The zero-order chi connectivity index (χ0) is 15.3. The van der Waals surface area contributed by atoms with Crippen molar-refractivity contribution in [3.63, 3.8) is 0 Å². The molecule has 1 aliphatic rings. The molecule has 0 bridgehead atoms. The Morgan fingerprint density at radius 1 is 1.29 bits per heavy atom. The molecule has 1 saturated carbocycles. The van der Waals surface area contributed by atoms with E-state index in [-0.39, 0.29) is 0 Å². The maximum atomic E-state index is 11.0. The Balaban J connectivity index is 1.85. The quantitative estimate of drug-likeness (QED) is 0.829. The van der Waals surface area contributed by atoms with Crippen LogP contribution < -0.4 is 5.32 Å². The van der Waals surface area contributed by atoms with E-state index < -0.39 is 5.97 Å². The summed E-state index contributed by atoms with van der Waals surface area (Å²) in [7, 11) is 0. The van der Waals surface area contributed by atoms with Crippen LogP contribution in [0.1, 0.15) is 61.9 Å². The van der Waals surface area contributed by atoms with Crippen LogP contribution >= 0.6 is 0 Å². The summed E-state index contributed by atoms with van der Waals surface area (Å²) in [6.45, 7) is 6.42. The molecule has 3 heteroatoms. The molecule has 21 heavy (non-hydrogen) atoms. The van der Waals surface area contributed by atoms with Gasteiger partial charge in [0.1, 0.15) is 0 Å². The van der Waals surface area contributed by atoms with Crippen LogP contribution in [0.5, 0.6) is 0 Å². The molecule has 0 atom stereocenters. The molecule has 0 aromatic heterocycles. The van der Waals surface area contributed by atoms with E-state index in [1.165, 1.54) is 32.1 Å². The molecular weight excluding hydrogens is 262 g/mol. The van der Waals surface area contributed by atoms with Crippen molar-refractivity contribution < 1.29 is 9.90 Å². The van der Waals surface area contributed by atoms with Crippen molar-refractivity contribution in [1.29, 1.82) is 0 Å². The van der Waals surface area contributed by atoms with Crippen molar-refractivity contribution in [3.05, 3.63) is 35.4 Å². The van der Waals surface area contributed by atoms with Crippen LogP contribution in [0.25, 0.3) is 0 Å². The van der Waals surface area contributed by atoms with E-state index in [2.05, 4.69) is 19.2 Å². The molecule has 0 radical (unpaired) electrons. The normalized spacial score (nSPS) is 16.9. The maximum Gasteiger partial charge on any atom is 0.335 e. The van der Waals surface area contributed by atoms with Gasteiger partial charge in [0, 0.05) is 13.1 Å². The van der Waals surface area contributed by atoms with E-state index in [0.29, 0.717) is 11.0 Å². The van der Waals surface area contributed by atoms with Gasteiger partial charge < -0.3 is 10.4 Å². The molecule has 2 rings (SSSR count). The first-order chi connectivity index (χ1) is 9.99. The molecule has 0 unspecified atom stereocenters. The molecule has 116 valence electrons. The lowest BCUT2D eigenvalue weighted by Crippen LogP contribution is -2.36. The SMILES string of the molecule is CC(C)(CNCc1cccc(C(=O)O)c1)C1CCCCC1. The lowest BCUT2D eigenvalue weighted by atomic mass is 9.71. The van der Waals surface area contributed by atoms with Gasteiger partial charge in [-0.3, -0.25) is 0 Å². The topological polar surface area (TPSA) is 49.3 Å². The van der Waals surface area contributed by atoms with Gasteiger partial charge in [0.05, 0.1) is 5.56 Å². The molecule has 3 nitrogen and oxygen atoms in total. The average Bonchev–Trinajstić information content (AvgIpc) is 2.48. The Kier molecular flexibility index (Phi) is 5.40. The number of carbonyl (C=O) groups is 1. The fraction of sp³-hybridized carbons (Fsp3) is 0.611. The number of hydrogen-bond donors (Lipinski definition) is 2. The summed E-state index contributed by atoms with van der Waals surface area (Å²) >= 11 is 0. The van der Waals surface area contributed by atoms with Crippen molar-refractivity contribution >= 4 is 5.97 Å². The number of carboxylic acid groups (broad SMARTS) is 1. The number of aromatic carboxylic acids is 1. The Hall–Kier alpha value is -1.35. The van der Waals surface area contributed by atoms with Crippen molar-refractivity contribution in [2.75, 3.05) is 6.54 Å². The average molecular weight is 289 g/mol. The molecule has 2 N–H and O–H groups in total. The van der Waals surface area contributed by atoms with Gasteiger partial charge in [-0.05, 0) is 41.9 Å². The van der Waals surface area contributed by atoms with Gasteiger partial charge in [0.2, 0.25) is 0 Å². The van der Waals surface area contributed by atoms with Gasteiger partial charge in [0.25, 0.3) is 0 Å². The molecule has 0 spiro atoms. The molecule has 1 aromatic rings. The first-order valence-electron chi connectivity index (χ1n) is 8.02. The minimum Gasteiger partial charge on any atom is -0.478 e. The monoisotopic (exact) mass is 289 g/mol. The zero-order valence-corrected chi connectivity index (χ0v) is 13.2. The summed E-state index contributed by atoms with van der Waals surface area (Å²) in [4.78, 5) is 11.0. The van der Waals surface area contributed by atoms with Gasteiger partial charge in [0.15, 0.2) is 0 Å². The fourth-order valence-corrected chi connectivity index (χ4v) is 3.37. The third kappa shape index (κ3) is 4.57. The second-order valence-corrected chi connectivity index (χ2v) is 6.93. The summed E-state index contributed by atoms with van der Waals surface area (Å²) in [5.41, 5.74) is 1.71. The second-order valence-electron chi connectivity index (χ2n) is 6.93. The van der Waals surface area contributed by atoms with Crippen LogP contribution in [0.15, 0.2) is 24.3 Å². The van der Waals surface area contributed by atoms with Crippen molar-refractivity contribution in [2.45, 2.75) is 52.5 Å². The summed E-state index contributed by atoms with van der Waals surface area (Å²) in [5.74, 6) is -0.0523. The first-order valence-corrected chi connectivity index (χ1v) is 8.02. The van der Waals surface area contributed by atoms with Crippen LogP contribution in [0.2, 0.25) is 0 Å². The molecule has 0 aliphatic heterocycles. The van der Waals surface area contributed by atoms with Crippen LogP contribution in [0.3, 0.4) is 0 Å². The molecule has 0 amide bonds. The lowest BCUT2D eigenvalue weighted by Gasteiger charge is -2.37. The van der Waals surface area contributed by atoms with Gasteiger partial charge >= 0.3 is 5.97 Å². The van der Waals surface area contributed by atoms with Crippen LogP contribution in [-0.2, 0) is 6.54 Å². The number of carboxylic acids is 1. The highest BCUT2D eigenvalue weighted by Crippen LogP contribution is 2.37. The Morgan fingerprint density at radius 3 is 2.67 bits per heavy atom. The third-order valence-corrected chi connectivity index (χ3v) is 4.79. The highest BCUT2D eigenvalue weighted by molar-refractivity contribution is 5.87. The summed E-state index contributed by atoms with van der Waals surface area (Å²) in [6.07, 6.45) is 6.83. The van der Waals surface area contributed by atoms with Crippen LogP contribution in [0, 0.1) is 11.3 Å². The van der Waals surface area contributed by atoms with Gasteiger partial charge in [-0.25, -0.2) is 4.79 Å². The van der Waals surface area contributed by atoms with E-state index in [4.69, 9.17) is 5.11 Å². The Labute approximate surface area is 127 Å². The summed E-state index contributed by atoms with van der Waals surface area (Å²) < 4.78 is 0. The summed E-state index contributed by atoms with van der Waals surface area (Å²) in [6, 6.07) is 7.18. The smallest absolute Gasteiger partial charge is 0.335 e. The number of nitrogens with one attached hydrogen (secondary N) is 1. The first kappa shape index (κ1) is 16.0. The van der Waals surface area contributed by atoms with Crippen molar-refractivity contribution in [1.82, 2.24) is 5.32 Å². The molecule has 1 fully saturated rings. The lowest BCUT2D eigenvalue weighted by molar-refractivity contribution is 0.0696. The van der Waals surface area contributed by atoms with Crippen molar-refractivity contribution in [3.8, 4) is 0 Å². The third-order valence-electron chi connectivity index (χ3n) is 4.79. The number of rotatable bonds is 6. The summed E-state index contributed by atoms with van der Waals surface area (Å²) in [5, 5.41) is 12.5.